The van der Waals surface area contributed by atoms with E-state index in [0.717, 1.165) is 63.4 Å². The Morgan fingerprint density at radius 2 is 1.54 bits per heavy atom. The number of hydrogen-bond donors (Lipinski definition) is 0. The molecule has 0 saturated carbocycles. The molecule has 0 aliphatic carbocycles. The van der Waals surface area contributed by atoms with E-state index in [9.17, 15) is 13.2 Å². The third kappa shape index (κ3) is 5.91. The van der Waals surface area contributed by atoms with Gasteiger partial charge in [0.15, 0.2) is 0 Å². The van der Waals surface area contributed by atoms with E-state index in [1.165, 1.54) is 11.9 Å². The van der Waals surface area contributed by atoms with Crippen LogP contribution in [0.15, 0.2) is 36.7 Å². The molecule has 3 unspecified atom stereocenters. The van der Waals surface area contributed by atoms with E-state index in [1.807, 2.05) is 18.7 Å². The zero-order valence-electron chi connectivity index (χ0n) is 23.8. The molecule has 1 aromatic heterocycles. The van der Waals surface area contributed by atoms with Gasteiger partial charge in [-0.15, -0.1) is 0 Å². The van der Waals surface area contributed by atoms with Crippen molar-refractivity contribution in [1.82, 2.24) is 24.1 Å². The minimum atomic E-state index is -3.19. The number of piperidine rings is 1. The molecule has 5 rings (SSSR count). The first-order valence-corrected chi connectivity index (χ1v) is 16.0. The lowest BCUT2D eigenvalue weighted by molar-refractivity contribution is 0.0771. The molecule has 4 heterocycles. The topological polar surface area (TPSA) is 86.7 Å². The van der Waals surface area contributed by atoms with Crippen molar-refractivity contribution in [1.29, 1.82) is 0 Å². The second-order valence-corrected chi connectivity index (χ2v) is 14.5. The molecule has 0 spiro atoms. The number of carbonyl (C=O) groups is 1. The summed E-state index contributed by atoms with van der Waals surface area (Å²) in [6, 6.07) is 10.8. The van der Waals surface area contributed by atoms with Crippen LogP contribution in [0.25, 0.3) is 0 Å². The van der Waals surface area contributed by atoms with Gasteiger partial charge in [-0.3, -0.25) is 4.79 Å². The van der Waals surface area contributed by atoms with Gasteiger partial charge in [0.25, 0.3) is 5.91 Å². The fourth-order valence-corrected chi connectivity index (χ4v) is 8.34. The number of amides is 1. The average molecular weight is 554 g/mol. The summed E-state index contributed by atoms with van der Waals surface area (Å²) in [6.07, 6.45) is 4.43. The number of aromatic nitrogens is 2. The van der Waals surface area contributed by atoms with E-state index in [2.05, 4.69) is 45.2 Å². The molecule has 9 heteroatoms. The van der Waals surface area contributed by atoms with Crippen LogP contribution >= 0.6 is 0 Å². The molecule has 0 bridgehead atoms. The zero-order chi connectivity index (χ0) is 27.7. The van der Waals surface area contributed by atoms with Gasteiger partial charge in [-0.05, 0) is 82.7 Å². The first-order valence-electron chi connectivity index (χ1n) is 14.5. The highest BCUT2D eigenvalue weighted by atomic mass is 32.2. The molecule has 3 aliphatic heterocycles. The summed E-state index contributed by atoms with van der Waals surface area (Å²) < 4.78 is 27.1. The molecular weight excluding hydrogens is 510 g/mol. The first-order chi connectivity index (χ1) is 18.6. The molecule has 3 saturated heterocycles. The molecule has 3 atom stereocenters. The quantitative estimate of drug-likeness (QED) is 0.495. The standard InChI is InChI=1S/C30H43N5O3S/c1-21(2)39(37,38)35-14-10-25(11-15-35)28(24-8-6-5-7-9-24)12-13-33-16-26-18-34(19-27(26)17-33)30(36)29-22(3)31-20-32-23(29)4/h5-9,20-21,25-28H,10-19H2,1-4H3. The van der Waals surface area contributed by atoms with Crippen molar-refractivity contribution in [2.75, 3.05) is 45.8 Å². The van der Waals surface area contributed by atoms with Crippen molar-refractivity contribution >= 4 is 15.9 Å². The van der Waals surface area contributed by atoms with Crippen molar-refractivity contribution in [3.63, 3.8) is 0 Å². The lowest BCUT2D eigenvalue weighted by atomic mass is 9.78. The van der Waals surface area contributed by atoms with Gasteiger partial charge >= 0.3 is 0 Å². The maximum absolute atomic E-state index is 13.3. The molecule has 212 valence electrons. The number of aryl methyl sites for hydroxylation is 2. The Kier molecular flexibility index (Phi) is 8.40. The second-order valence-electron chi connectivity index (χ2n) is 12.0. The van der Waals surface area contributed by atoms with Crippen LogP contribution in [0.3, 0.4) is 0 Å². The van der Waals surface area contributed by atoms with E-state index < -0.39 is 10.0 Å². The fraction of sp³-hybridized carbons (Fsp3) is 0.633. The Labute approximate surface area is 233 Å². The average Bonchev–Trinajstić information content (AvgIpc) is 3.49. The highest BCUT2D eigenvalue weighted by molar-refractivity contribution is 7.89. The SMILES string of the molecule is Cc1ncnc(C)c1C(=O)N1CC2CN(CCC(c3ccccc3)C3CCN(S(=O)(=O)C(C)C)CC3)CC2C1. The number of carbonyl (C=O) groups excluding carboxylic acids is 1. The third-order valence-corrected chi connectivity index (χ3v) is 11.6. The van der Waals surface area contributed by atoms with Crippen LogP contribution in [-0.2, 0) is 10.0 Å². The highest BCUT2D eigenvalue weighted by Gasteiger charge is 2.42. The molecule has 3 fully saturated rings. The van der Waals surface area contributed by atoms with Crippen LogP contribution in [0.5, 0.6) is 0 Å². The molecule has 0 N–H and O–H groups in total. The van der Waals surface area contributed by atoms with Crippen LogP contribution in [0, 0.1) is 31.6 Å². The maximum Gasteiger partial charge on any atom is 0.257 e. The summed E-state index contributed by atoms with van der Waals surface area (Å²) in [6.45, 7) is 13.3. The van der Waals surface area contributed by atoms with E-state index in [4.69, 9.17) is 0 Å². The van der Waals surface area contributed by atoms with Gasteiger partial charge in [0.1, 0.15) is 6.33 Å². The minimum absolute atomic E-state index is 0.0708. The van der Waals surface area contributed by atoms with Gasteiger partial charge in [0, 0.05) is 39.3 Å². The summed E-state index contributed by atoms with van der Waals surface area (Å²) in [5, 5.41) is -0.367. The molecule has 3 aliphatic rings. The van der Waals surface area contributed by atoms with E-state index in [0.29, 0.717) is 42.3 Å². The van der Waals surface area contributed by atoms with Crippen LogP contribution in [-0.4, -0.2) is 89.5 Å². The van der Waals surface area contributed by atoms with Gasteiger partial charge in [-0.2, -0.15) is 0 Å². The molecule has 1 aromatic carbocycles. The normalized spacial score (nSPS) is 23.9. The Bertz CT molecular complexity index is 1230. The van der Waals surface area contributed by atoms with Gasteiger partial charge in [-0.25, -0.2) is 22.7 Å². The summed E-state index contributed by atoms with van der Waals surface area (Å²) in [5.74, 6) is 2.01. The minimum Gasteiger partial charge on any atom is -0.338 e. The molecule has 8 nitrogen and oxygen atoms in total. The van der Waals surface area contributed by atoms with Gasteiger partial charge in [-0.1, -0.05) is 30.3 Å². The lowest BCUT2D eigenvalue weighted by Gasteiger charge is -2.37. The van der Waals surface area contributed by atoms with Crippen molar-refractivity contribution in [2.45, 2.75) is 58.1 Å². The second kappa shape index (κ2) is 11.6. The summed E-state index contributed by atoms with van der Waals surface area (Å²) in [5.41, 5.74) is 3.54. The first kappa shape index (κ1) is 28.2. The largest absolute Gasteiger partial charge is 0.338 e. The summed E-state index contributed by atoms with van der Waals surface area (Å²) in [4.78, 5) is 26.4. The smallest absolute Gasteiger partial charge is 0.257 e. The maximum atomic E-state index is 13.3. The predicted molar refractivity (Wildman–Crippen MR) is 153 cm³/mol. The van der Waals surface area contributed by atoms with Crippen molar-refractivity contribution in [3.8, 4) is 0 Å². The van der Waals surface area contributed by atoms with Gasteiger partial charge in [0.2, 0.25) is 10.0 Å². The Morgan fingerprint density at radius 1 is 0.949 bits per heavy atom. The van der Waals surface area contributed by atoms with Gasteiger partial charge in [0.05, 0.1) is 22.2 Å². The number of benzene rings is 1. The Hall–Kier alpha value is -2.36. The third-order valence-electron chi connectivity index (χ3n) is 9.30. The van der Waals surface area contributed by atoms with Crippen LogP contribution < -0.4 is 0 Å². The zero-order valence-corrected chi connectivity index (χ0v) is 24.6. The Morgan fingerprint density at radius 3 is 2.10 bits per heavy atom. The highest BCUT2D eigenvalue weighted by Crippen LogP contribution is 2.38. The van der Waals surface area contributed by atoms with Crippen LogP contribution in [0.4, 0.5) is 0 Å². The summed E-state index contributed by atoms with van der Waals surface area (Å²) in [7, 11) is -3.19. The molecule has 0 radical (unpaired) electrons. The van der Waals surface area contributed by atoms with Crippen LogP contribution in [0.1, 0.15) is 66.3 Å². The number of nitrogens with zero attached hydrogens (tertiary/aromatic N) is 5. The number of hydrogen-bond acceptors (Lipinski definition) is 6. The molecule has 2 aromatic rings. The van der Waals surface area contributed by atoms with E-state index in [1.54, 1.807) is 18.2 Å². The monoisotopic (exact) mass is 553 g/mol. The van der Waals surface area contributed by atoms with Gasteiger partial charge < -0.3 is 9.80 Å². The lowest BCUT2D eigenvalue weighted by Crippen LogP contribution is -2.43. The summed E-state index contributed by atoms with van der Waals surface area (Å²) >= 11 is 0. The fourth-order valence-electron chi connectivity index (χ4n) is 7.03. The van der Waals surface area contributed by atoms with Crippen LogP contribution in [0.2, 0.25) is 0 Å². The number of rotatable bonds is 8. The molecular formula is C30H43N5O3S. The Balaban J connectivity index is 1.18. The van der Waals surface area contributed by atoms with Crippen molar-refractivity contribution < 1.29 is 13.2 Å². The number of likely N-dealkylation sites (tertiary alicyclic amines) is 2. The molecule has 1 amide bonds. The van der Waals surface area contributed by atoms with Crippen molar-refractivity contribution in [3.05, 3.63) is 59.2 Å². The number of sulfonamides is 1. The van der Waals surface area contributed by atoms with Crippen molar-refractivity contribution in [2.24, 2.45) is 17.8 Å². The van der Waals surface area contributed by atoms with E-state index >= 15 is 0 Å². The number of fused-ring (bicyclic) bond motifs is 1. The van der Waals surface area contributed by atoms with E-state index in [-0.39, 0.29) is 11.2 Å². The predicted octanol–water partition coefficient (Wildman–Crippen LogP) is 3.72. The molecule has 39 heavy (non-hydrogen) atoms.